The Morgan fingerprint density at radius 3 is 2.52 bits per heavy atom. The Bertz CT molecular complexity index is 452. The normalized spacial score (nSPS) is 33.2. The minimum absolute atomic E-state index is 0.0840. The smallest absolute Gasteiger partial charge is 0.0535 e. The van der Waals surface area contributed by atoms with Crippen molar-refractivity contribution in [1.29, 1.82) is 0 Å². The van der Waals surface area contributed by atoms with E-state index in [0.29, 0.717) is 12.1 Å². The average Bonchev–Trinajstić information content (AvgIpc) is 3.04. The van der Waals surface area contributed by atoms with E-state index in [-0.39, 0.29) is 5.54 Å². The van der Waals surface area contributed by atoms with Gasteiger partial charge in [-0.25, -0.2) is 0 Å². The third-order valence-corrected chi connectivity index (χ3v) is 5.87. The van der Waals surface area contributed by atoms with Crippen LogP contribution in [0, 0.1) is 5.92 Å². The fourth-order valence-corrected chi connectivity index (χ4v) is 4.32. The minimum Gasteiger partial charge on any atom is -0.305 e. The SMILES string of the molecule is CC1CNC(C)(c2ccccc2)CN1C(C)C1CCCC1. The summed E-state index contributed by atoms with van der Waals surface area (Å²) >= 11 is 0. The molecule has 1 aromatic carbocycles. The summed E-state index contributed by atoms with van der Waals surface area (Å²) in [5.74, 6) is 0.908. The van der Waals surface area contributed by atoms with Crippen molar-refractivity contribution in [2.24, 2.45) is 5.92 Å². The molecule has 116 valence electrons. The van der Waals surface area contributed by atoms with Gasteiger partial charge in [-0.2, -0.15) is 0 Å². The second-order valence-corrected chi connectivity index (χ2v) is 7.39. The molecule has 3 unspecified atom stereocenters. The summed E-state index contributed by atoms with van der Waals surface area (Å²) in [6.07, 6.45) is 5.73. The lowest BCUT2D eigenvalue weighted by Gasteiger charge is -2.49. The molecule has 1 N–H and O–H groups in total. The molecule has 0 aromatic heterocycles. The maximum absolute atomic E-state index is 3.80. The molecule has 0 radical (unpaired) electrons. The van der Waals surface area contributed by atoms with E-state index in [1.165, 1.54) is 31.2 Å². The highest BCUT2D eigenvalue weighted by molar-refractivity contribution is 5.25. The van der Waals surface area contributed by atoms with Crippen LogP contribution in [0.15, 0.2) is 30.3 Å². The highest BCUT2D eigenvalue weighted by Crippen LogP contribution is 2.34. The van der Waals surface area contributed by atoms with Crippen molar-refractivity contribution in [3.05, 3.63) is 35.9 Å². The standard InChI is InChI=1S/C19H30N2/c1-15-13-20-19(3,18-11-5-4-6-12-18)14-21(15)16(2)17-9-7-8-10-17/h4-6,11-12,15-17,20H,7-10,13-14H2,1-3H3. The Morgan fingerprint density at radius 2 is 1.86 bits per heavy atom. The Morgan fingerprint density at radius 1 is 1.19 bits per heavy atom. The molecule has 1 heterocycles. The summed E-state index contributed by atoms with van der Waals surface area (Å²) in [4.78, 5) is 2.76. The van der Waals surface area contributed by atoms with E-state index in [1.807, 2.05) is 0 Å². The third-order valence-electron chi connectivity index (χ3n) is 5.87. The first kappa shape index (κ1) is 15.1. The Balaban J connectivity index is 1.78. The monoisotopic (exact) mass is 286 g/mol. The van der Waals surface area contributed by atoms with Crippen molar-refractivity contribution in [3.8, 4) is 0 Å². The summed E-state index contributed by atoms with van der Waals surface area (Å²) < 4.78 is 0. The van der Waals surface area contributed by atoms with Crippen molar-refractivity contribution in [2.75, 3.05) is 13.1 Å². The fourth-order valence-electron chi connectivity index (χ4n) is 4.32. The summed E-state index contributed by atoms with van der Waals surface area (Å²) in [6, 6.07) is 12.3. The molecule has 1 saturated heterocycles. The van der Waals surface area contributed by atoms with Gasteiger partial charge in [0.05, 0.1) is 5.54 Å². The number of piperazine rings is 1. The van der Waals surface area contributed by atoms with Gasteiger partial charge in [-0.05, 0) is 45.1 Å². The van der Waals surface area contributed by atoms with E-state index in [2.05, 4.69) is 61.3 Å². The first-order chi connectivity index (χ1) is 10.1. The van der Waals surface area contributed by atoms with E-state index in [1.54, 1.807) is 0 Å². The zero-order valence-corrected chi connectivity index (χ0v) is 13.8. The van der Waals surface area contributed by atoms with Crippen molar-refractivity contribution < 1.29 is 0 Å². The lowest BCUT2D eigenvalue weighted by atomic mass is 9.86. The zero-order chi connectivity index (χ0) is 14.9. The maximum Gasteiger partial charge on any atom is 0.0535 e. The van der Waals surface area contributed by atoms with Crippen LogP contribution in [0.25, 0.3) is 0 Å². The molecular weight excluding hydrogens is 256 g/mol. The molecule has 1 saturated carbocycles. The van der Waals surface area contributed by atoms with Gasteiger partial charge in [0.25, 0.3) is 0 Å². The van der Waals surface area contributed by atoms with Gasteiger partial charge in [0.2, 0.25) is 0 Å². The Kier molecular flexibility index (Phi) is 4.37. The Labute approximate surface area is 129 Å². The Hall–Kier alpha value is -0.860. The molecule has 21 heavy (non-hydrogen) atoms. The van der Waals surface area contributed by atoms with Crippen LogP contribution in [0.3, 0.4) is 0 Å². The van der Waals surface area contributed by atoms with Gasteiger partial charge in [-0.3, -0.25) is 4.90 Å². The van der Waals surface area contributed by atoms with Crippen LogP contribution in [-0.2, 0) is 5.54 Å². The largest absolute Gasteiger partial charge is 0.305 e. The lowest BCUT2D eigenvalue weighted by molar-refractivity contribution is 0.0376. The van der Waals surface area contributed by atoms with Crippen LogP contribution in [0.5, 0.6) is 0 Å². The summed E-state index contributed by atoms with van der Waals surface area (Å²) in [7, 11) is 0. The lowest BCUT2D eigenvalue weighted by Crippen LogP contribution is -2.63. The van der Waals surface area contributed by atoms with E-state index < -0.39 is 0 Å². The maximum atomic E-state index is 3.80. The third kappa shape index (κ3) is 3.02. The molecule has 0 bridgehead atoms. The van der Waals surface area contributed by atoms with E-state index in [4.69, 9.17) is 0 Å². The van der Waals surface area contributed by atoms with Gasteiger partial charge in [0.15, 0.2) is 0 Å². The quantitative estimate of drug-likeness (QED) is 0.910. The molecule has 0 amide bonds. The molecule has 2 fully saturated rings. The second kappa shape index (κ2) is 6.10. The molecule has 2 heteroatoms. The average molecular weight is 286 g/mol. The molecule has 1 aliphatic heterocycles. The number of hydrogen-bond acceptors (Lipinski definition) is 2. The topological polar surface area (TPSA) is 15.3 Å². The van der Waals surface area contributed by atoms with Crippen molar-refractivity contribution >= 4 is 0 Å². The summed E-state index contributed by atoms with van der Waals surface area (Å²) in [5.41, 5.74) is 1.50. The molecule has 1 aliphatic carbocycles. The van der Waals surface area contributed by atoms with Crippen LogP contribution in [0.4, 0.5) is 0 Å². The van der Waals surface area contributed by atoms with E-state index in [9.17, 15) is 0 Å². The van der Waals surface area contributed by atoms with Crippen LogP contribution in [-0.4, -0.2) is 30.1 Å². The van der Waals surface area contributed by atoms with Gasteiger partial charge in [-0.15, -0.1) is 0 Å². The summed E-state index contributed by atoms with van der Waals surface area (Å²) in [5, 5.41) is 3.80. The number of benzene rings is 1. The van der Waals surface area contributed by atoms with Crippen LogP contribution >= 0.6 is 0 Å². The number of nitrogens with one attached hydrogen (secondary N) is 1. The highest BCUT2D eigenvalue weighted by atomic mass is 15.3. The molecule has 1 aromatic rings. The number of hydrogen-bond donors (Lipinski definition) is 1. The van der Waals surface area contributed by atoms with E-state index >= 15 is 0 Å². The van der Waals surface area contributed by atoms with Crippen molar-refractivity contribution in [3.63, 3.8) is 0 Å². The molecule has 3 atom stereocenters. The molecule has 3 rings (SSSR count). The summed E-state index contributed by atoms with van der Waals surface area (Å²) in [6.45, 7) is 9.41. The second-order valence-electron chi connectivity index (χ2n) is 7.39. The molecule has 2 nitrogen and oxygen atoms in total. The highest BCUT2D eigenvalue weighted by Gasteiger charge is 2.39. The first-order valence-electron chi connectivity index (χ1n) is 8.66. The minimum atomic E-state index is 0.0840. The van der Waals surface area contributed by atoms with Crippen molar-refractivity contribution in [2.45, 2.75) is 64.1 Å². The van der Waals surface area contributed by atoms with Crippen LogP contribution in [0.2, 0.25) is 0 Å². The zero-order valence-electron chi connectivity index (χ0n) is 13.8. The number of nitrogens with zero attached hydrogens (tertiary/aromatic N) is 1. The predicted octanol–water partition coefficient (Wildman–Crippen LogP) is 3.77. The van der Waals surface area contributed by atoms with Gasteiger partial charge in [-0.1, -0.05) is 43.2 Å². The van der Waals surface area contributed by atoms with E-state index in [0.717, 1.165) is 19.0 Å². The fraction of sp³-hybridized carbons (Fsp3) is 0.684. The molecule has 0 spiro atoms. The first-order valence-corrected chi connectivity index (χ1v) is 8.66. The van der Waals surface area contributed by atoms with Gasteiger partial charge >= 0.3 is 0 Å². The van der Waals surface area contributed by atoms with Crippen molar-refractivity contribution in [1.82, 2.24) is 10.2 Å². The van der Waals surface area contributed by atoms with Gasteiger partial charge in [0, 0.05) is 25.2 Å². The van der Waals surface area contributed by atoms with Gasteiger partial charge < -0.3 is 5.32 Å². The van der Waals surface area contributed by atoms with Crippen LogP contribution in [0.1, 0.15) is 52.0 Å². The number of rotatable bonds is 3. The van der Waals surface area contributed by atoms with Gasteiger partial charge in [0.1, 0.15) is 0 Å². The molecular formula is C19H30N2. The van der Waals surface area contributed by atoms with Crippen LogP contribution < -0.4 is 5.32 Å². The predicted molar refractivity (Wildman–Crippen MR) is 89.4 cm³/mol. The molecule has 2 aliphatic rings.